The molecule has 1 rings (SSSR count). The summed E-state index contributed by atoms with van der Waals surface area (Å²) < 4.78 is 5.12. The average molecular weight is 279 g/mol. The number of carbonyl (C=O) groups is 2. The molecule has 2 amide bonds. The Morgan fingerprint density at radius 2 is 1.95 bits per heavy atom. The molecule has 6 nitrogen and oxygen atoms in total. The number of hydrogen-bond acceptors (Lipinski definition) is 4. The fraction of sp³-hybridized carbons (Fsp3) is 0.429. The van der Waals surface area contributed by atoms with Crippen LogP contribution in [0.25, 0.3) is 0 Å². The Morgan fingerprint density at radius 3 is 2.45 bits per heavy atom. The van der Waals surface area contributed by atoms with Crippen molar-refractivity contribution in [2.24, 2.45) is 17.4 Å². The van der Waals surface area contributed by atoms with Gasteiger partial charge in [-0.3, -0.25) is 9.59 Å². The van der Waals surface area contributed by atoms with E-state index < -0.39 is 5.91 Å². The number of primary amides is 1. The predicted octanol–water partition coefficient (Wildman–Crippen LogP) is 0.864. The predicted molar refractivity (Wildman–Crippen MR) is 77.2 cm³/mol. The minimum Gasteiger partial charge on any atom is -0.484 e. The maximum absolute atomic E-state index is 11.8. The summed E-state index contributed by atoms with van der Waals surface area (Å²) in [6.45, 7) is 2.35. The Bertz CT molecular complexity index is 441. The van der Waals surface area contributed by atoms with E-state index >= 15 is 0 Å². The summed E-state index contributed by atoms with van der Waals surface area (Å²) in [5, 5.41) is 2.79. The fourth-order valence-electron chi connectivity index (χ4n) is 1.66. The Morgan fingerprint density at radius 1 is 1.30 bits per heavy atom. The molecule has 0 fully saturated rings. The molecule has 0 aromatic heterocycles. The molecular formula is C14H21N3O3. The fourth-order valence-corrected chi connectivity index (χ4v) is 1.66. The van der Waals surface area contributed by atoms with Crippen LogP contribution in [0.3, 0.4) is 0 Å². The van der Waals surface area contributed by atoms with E-state index in [1.807, 2.05) is 6.92 Å². The van der Waals surface area contributed by atoms with Crippen molar-refractivity contribution >= 4 is 17.5 Å². The van der Waals surface area contributed by atoms with Crippen molar-refractivity contribution in [3.05, 3.63) is 24.3 Å². The second-order valence-corrected chi connectivity index (χ2v) is 4.54. The minimum atomic E-state index is -0.533. The van der Waals surface area contributed by atoms with E-state index in [0.29, 0.717) is 24.4 Å². The highest BCUT2D eigenvalue weighted by Gasteiger charge is 2.10. The van der Waals surface area contributed by atoms with Gasteiger partial charge in [-0.15, -0.1) is 0 Å². The molecule has 20 heavy (non-hydrogen) atoms. The standard InChI is InChI=1S/C14H21N3O3/c1-2-10(8-15)7-14(19)17-11-3-5-12(6-4-11)20-9-13(16)18/h3-6,10H,2,7-9,15H2,1H3,(H2,16,18)(H,17,19). The van der Waals surface area contributed by atoms with E-state index in [-0.39, 0.29) is 18.4 Å². The highest BCUT2D eigenvalue weighted by molar-refractivity contribution is 5.90. The first-order valence-electron chi connectivity index (χ1n) is 6.56. The first kappa shape index (κ1) is 16.0. The highest BCUT2D eigenvalue weighted by Crippen LogP contribution is 2.16. The molecule has 0 aliphatic carbocycles. The molecule has 110 valence electrons. The number of anilines is 1. The van der Waals surface area contributed by atoms with Crippen LogP contribution < -0.4 is 21.5 Å². The van der Waals surface area contributed by atoms with Gasteiger partial charge >= 0.3 is 0 Å². The van der Waals surface area contributed by atoms with E-state index in [9.17, 15) is 9.59 Å². The molecule has 0 heterocycles. The summed E-state index contributed by atoms with van der Waals surface area (Å²) in [5.41, 5.74) is 11.2. The van der Waals surface area contributed by atoms with Crippen LogP contribution in [0, 0.1) is 5.92 Å². The molecule has 1 unspecified atom stereocenters. The Balaban J connectivity index is 2.48. The van der Waals surface area contributed by atoms with Crippen molar-refractivity contribution < 1.29 is 14.3 Å². The second kappa shape index (κ2) is 8.16. The number of carbonyl (C=O) groups excluding carboxylic acids is 2. The van der Waals surface area contributed by atoms with E-state index in [1.54, 1.807) is 24.3 Å². The van der Waals surface area contributed by atoms with Crippen molar-refractivity contribution in [1.29, 1.82) is 0 Å². The molecular weight excluding hydrogens is 258 g/mol. The van der Waals surface area contributed by atoms with Gasteiger partial charge in [0.2, 0.25) is 5.91 Å². The summed E-state index contributed by atoms with van der Waals surface area (Å²) in [6.07, 6.45) is 1.29. The van der Waals surface area contributed by atoms with Crippen LogP contribution in [-0.2, 0) is 9.59 Å². The molecule has 6 heteroatoms. The topological polar surface area (TPSA) is 107 Å². The number of nitrogens with one attached hydrogen (secondary N) is 1. The number of amides is 2. The summed E-state index contributed by atoms with van der Waals surface area (Å²) in [6, 6.07) is 6.74. The zero-order chi connectivity index (χ0) is 15.0. The van der Waals surface area contributed by atoms with Crippen molar-refractivity contribution in [3.8, 4) is 5.75 Å². The molecule has 0 aliphatic rings. The van der Waals surface area contributed by atoms with Crippen LogP contribution in [-0.4, -0.2) is 25.0 Å². The summed E-state index contributed by atoms with van der Waals surface area (Å²) in [5.74, 6) is 0.131. The number of nitrogens with two attached hydrogens (primary N) is 2. The molecule has 0 saturated heterocycles. The molecule has 0 radical (unpaired) electrons. The SMILES string of the molecule is CCC(CN)CC(=O)Nc1ccc(OCC(N)=O)cc1. The lowest BCUT2D eigenvalue weighted by molar-refractivity contribution is -0.120. The molecule has 0 spiro atoms. The molecule has 5 N–H and O–H groups in total. The quantitative estimate of drug-likeness (QED) is 0.656. The third kappa shape index (κ3) is 5.71. The highest BCUT2D eigenvalue weighted by atomic mass is 16.5. The van der Waals surface area contributed by atoms with Crippen LogP contribution in [0.2, 0.25) is 0 Å². The Kier molecular flexibility index (Phi) is 6.52. The summed E-state index contributed by atoms with van der Waals surface area (Å²) >= 11 is 0. The van der Waals surface area contributed by atoms with Crippen LogP contribution in [0.5, 0.6) is 5.75 Å². The van der Waals surface area contributed by atoms with Gasteiger partial charge in [0.15, 0.2) is 6.61 Å². The first-order chi connectivity index (χ1) is 9.55. The molecule has 1 atom stereocenters. The normalized spacial score (nSPS) is 11.7. The van der Waals surface area contributed by atoms with Gasteiger partial charge in [0.05, 0.1) is 0 Å². The maximum atomic E-state index is 11.8. The lowest BCUT2D eigenvalue weighted by Gasteiger charge is -2.12. The summed E-state index contributed by atoms with van der Waals surface area (Å²) in [7, 11) is 0. The molecule has 1 aromatic carbocycles. The van der Waals surface area contributed by atoms with Crippen molar-refractivity contribution in [3.63, 3.8) is 0 Å². The monoisotopic (exact) mass is 279 g/mol. The first-order valence-corrected chi connectivity index (χ1v) is 6.56. The van der Waals surface area contributed by atoms with Gasteiger partial charge in [-0.2, -0.15) is 0 Å². The Hall–Kier alpha value is -2.08. The van der Waals surface area contributed by atoms with Gasteiger partial charge < -0.3 is 21.5 Å². The largest absolute Gasteiger partial charge is 0.484 e. The van der Waals surface area contributed by atoms with E-state index in [4.69, 9.17) is 16.2 Å². The van der Waals surface area contributed by atoms with Crippen LogP contribution >= 0.6 is 0 Å². The van der Waals surface area contributed by atoms with Gasteiger partial charge in [-0.25, -0.2) is 0 Å². The van der Waals surface area contributed by atoms with E-state index in [2.05, 4.69) is 5.32 Å². The zero-order valence-corrected chi connectivity index (χ0v) is 11.6. The number of ether oxygens (including phenoxy) is 1. The maximum Gasteiger partial charge on any atom is 0.255 e. The van der Waals surface area contributed by atoms with E-state index in [0.717, 1.165) is 6.42 Å². The van der Waals surface area contributed by atoms with Gasteiger partial charge in [-0.1, -0.05) is 13.3 Å². The van der Waals surface area contributed by atoms with Crippen molar-refractivity contribution in [1.82, 2.24) is 0 Å². The smallest absolute Gasteiger partial charge is 0.255 e. The van der Waals surface area contributed by atoms with Gasteiger partial charge in [0.25, 0.3) is 5.91 Å². The number of benzene rings is 1. The molecule has 0 bridgehead atoms. The van der Waals surface area contributed by atoms with Gasteiger partial charge in [-0.05, 0) is 36.7 Å². The Labute approximate surface area is 118 Å². The number of rotatable bonds is 8. The minimum absolute atomic E-state index is 0.0619. The molecule has 1 aromatic rings. The van der Waals surface area contributed by atoms with Crippen LogP contribution in [0.4, 0.5) is 5.69 Å². The van der Waals surface area contributed by atoms with Gasteiger partial charge in [0.1, 0.15) is 5.75 Å². The lowest BCUT2D eigenvalue weighted by atomic mass is 10.0. The summed E-state index contributed by atoms with van der Waals surface area (Å²) in [4.78, 5) is 22.4. The zero-order valence-electron chi connectivity index (χ0n) is 11.6. The van der Waals surface area contributed by atoms with Crippen molar-refractivity contribution in [2.75, 3.05) is 18.5 Å². The van der Waals surface area contributed by atoms with E-state index in [1.165, 1.54) is 0 Å². The van der Waals surface area contributed by atoms with Crippen molar-refractivity contribution in [2.45, 2.75) is 19.8 Å². The third-order valence-corrected chi connectivity index (χ3v) is 2.90. The second-order valence-electron chi connectivity index (χ2n) is 4.54. The number of hydrogen-bond donors (Lipinski definition) is 3. The lowest BCUT2D eigenvalue weighted by Crippen LogP contribution is -2.21. The molecule has 0 saturated carbocycles. The van der Waals surface area contributed by atoms with Crippen LogP contribution in [0.1, 0.15) is 19.8 Å². The van der Waals surface area contributed by atoms with Gasteiger partial charge in [0, 0.05) is 12.1 Å². The third-order valence-electron chi connectivity index (χ3n) is 2.90. The van der Waals surface area contributed by atoms with Crippen LogP contribution in [0.15, 0.2) is 24.3 Å². The average Bonchev–Trinajstić information content (AvgIpc) is 2.44. The molecule has 0 aliphatic heterocycles.